The van der Waals surface area contributed by atoms with E-state index in [1.165, 1.54) is 13.0 Å². The van der Waals surface area contributed by atoms with Crippen molar-refractivity contribution in [3.05, 3.63) is 12.4 Å². The van der Waals surface area contributed by atoms with Gasteiger partial charge in [-0.25, -0.2) is 0 Å². The van der Waals surface area contributed by atoms with Gasteiger partial charge < -0.3 is 4.90 Å². The van der Waals surface area contributed by atoms with Gasteiger partial charge in [0.1, 0.15) is 6.20 Å². The zero-order valence-corrected chi connectivity index (χ0v) is 7.80. The minimum atomic E-state index is 0.704. The lowest BCUT2D eigenvalue weighted by Gasteiger charge is -2.21. The minimum absolute atomic E-state index is 0.704. The van der Waals surface area contributed by atoms with E-state index >= 15 is 0 Å². The van der Waals surface area contributed by atoms with E-state index in [0.717, 1.165) is 6.67 Å². The molecule has 0 aromatic heterocycles. The molecular formula is C9H19N2+. The Hall–Kier alpha value is -0.500. The molecule has 1 rings (SSSR count). The van der Waals surface area contributed by atoms with E-state index in [9.17, 15) is 0 Å². The van der Waals surface area contributed by atoms with Crippen LogP contribution < -0.4 is 4.90 Å². The summed E-state index contributed by atoms with van der Waals surface area (Å²) >= 11 is 0. The van der Waals surface area contributed by atoms with Crippen molar-refractivity contribution >= 4 is 0 Å². The van der Waals surface area contributed by atoms with Crippen LogP contribution in [0.5, 0.6) is 0 Å². The molecule has 1 aliphatic heterocycles. The second kappa shape index (κ2) is 3.77. The van der Waals surface area contributed by atoms with Crippen LogP contribution in [0, 0.1) is 0 Å². The van der Waals surface area contributed by atoms with Gasteiger partial charge in [-0.15, -0.1) is 0 Å². The predicted octanol–water partition coefficient (Wildman–Crippen LogP) is 0.434. The third-order valence-electron chi connectivity index (χ3n) is 2.50. The lowest BCUT2D eigenvalue weighted by atomic mass is 10.2. The zero-order valence-electron chi connectivity index (χ0n) is 7.80. The maximum absolute atomic E-state index is 2.42. The summed E-state index contributed by atoms with van der Waals surface area (Å²) in [4.78, 5) is 3.98. The van der Waals surface area contributed by atoms with Gasteiger partial charge in [0, 0.05) is 6.04 Å². The molecular weight excluding hydrogens is 136 g/mol. The van der Waals surface area contributed by atoms with E-state index in [0.29, 0.717) is 6.04 Å². The van der Waals surface area contributed by atoms with Gasteiger partial charge in [-0.1, -0.05) is 6.92 Å². The van der Waals surface area contributed by atoms with Gasteiger partial charge in [-0.05, 0) is 20.3 Å². The molecule has 0 spiro atoms. The molecule has 0 saturated heterocycles. The molecule has 0 fully saturated rings. The van der Waals surface area contributed by atoms with Gasteiger partial charge in [0.05, 0.1) is 12.7 Å². The molecule has 2 nitrogen and oxygen atoms in total. The van der Waals surface area contributed by atoms with Crippen molar-refractivity contribution in [3.63, 3.8) is 0 Å². The number of quaternary nitrogens is 1. The highest BCUT2D eigenvalue weighted by atomic mass is 15.3. The first-order valence-corrected chi connectivity index (χ1v) is 4.56. The minimum Gasteiger partial charge on any atom is -0.323 e. The van der Waals surface area contributed by atoms with Crippen LogP contribution in [0.25, 0.3) is 0 Å². The van der Waals surface area contributed by atoms with Crippen LogP contribution in [0.2, 0.25) is 0 Å². The molecule has 0 bridgehead atoms. The fraction of sp³-hybridized carbons (Fsp3) is 0.778. The SMILES string of the molecule is CCC(C)N1C=C[NH+](CC)C1. The Morgan fingerprint density at radius 1 is 1.55 bits per heavy atom. The number of nitrogens with one attached hydrogen (secondary N) is 1. The number of rotatable bonds is 3. The van der Waals surface area contributed by atoms with Crippen LogP contribution >= 0.6 is 0 Å². The summed E-state index contributed by atoms with van der Waals surface area (Å²) in [7, 11) is 0. The lowest BCUT2D eigenvalue weighted by Crippen LogP contribution is -3.06. The van der Waals surface area contributed by atoms with Gasteiger partial charge in [0.15, 0.2) is 6.67 Å². The summed E-state index contributed by atoms with van der Waals surface area (Å²) < 4.78 is 0. The van der Waals surface area contributed by atoms with Crippen LogP contribution in [-0.2, 0) is 0 Å². The first kappa shape index (κ1) is 8.60. The van der Waals surface area contributed by atoms with E-state index in [1.807, 2.05) is 0 Å². The standard InChI is InChI=1S/C9H18N2/c1-4-9(3)11-7-6-10(5-2)8-11/h6-7,9H,4-5,8H2,1-3H3/p+1. The van der Waals surface area contributed by atoms with Gasteiger partial charge in [-0.3, -0.25) is 4.90 Å². The molecule has 11 heavy (non-hydrogen) atoms. The molecule has 0 aliphatic carbocycles. The number of hydrogen-bond donors (Lipinski definition) is 1. The van der Waals surface area contributed by atoms with Crippen molar-refractivity contribution in [1.29, 1.82) is 0 Å². The van der Waals surface area contributed by atoms with E-state index in [-0.39, 0.29) is 0 Å². The second-order valence-electron chi connectivity index (χ2n) is 3.26. The molecule has 0 amide bonds. The molecule has 0 saturated carbocycles. The Morgan fingerprint density at radius 2 is 2.27 bits per heavy atom. The smallest absolute Gasteiger partial charge is 0.157 e. The van der Waals surface area contributed by atoms with Crippen molar-refractivity contribution < 1.29 is 4.90 Å². The monoisotopic (exact) mass is 155 g/mol. The maximum atomic E-state index is 2.42. The Balaban J connectivity index is 2.36. The molecule has 2 unspecified atom stereocenters. The molecule has 2 atom stereocenters. The summed E-state index contributed by atoms with van der Waals surface area (Å²) in [6.07, 6.45) is 5.72. The van der Waals surface area contributed by atoms with Crippen LogP contribution in [0.4, 0.5) is 0 Å². The topological polar surface area (TPSA) is 7.68 Å². The summed E-state index contributed by atoms with van der Waals surface area (Å²) in [6.45, 7) is 9.10. The van der Waals surface area contributed by atoms with E-state index in [2.05, 4.69) is 38.1 Å². The van der Waals surface area contributed by atoms with Gasteiger partial charge in [0.2, 0.25) is 0 Å². The molecule has 0 aromatic rings. The fourth-order valence-corrected chi connectivity index (χ4v) is 1.31. The van der Waals surface area contributed by atoms with Crippen molar-refractivity contribution in [1.82, 2.24) is 4.90 Å². The van der Waals surface area contributed by atoms with Crippen molar-refractivity contribution in [2.45, 2.75) is 33.2 Å². The first-order valence-electron chi connectivity index (χ1n) is 4.56. The van der Waals surface area contributed by atoms with E-state index in [1.54, 1.807) is 4.90 Å². The highest BCUT2D eigenvalue weighted by molar-refractivity contribution is 4.81. The Kier molecular flexibility index (Phi) is 2.94. The van der Waals surface area contributed by atoms with E-state index in [4.69, 9.17) is 0 Å². The van der Waals surface area contributed by atoms with Crippen molar-refractivity contribution in [2.75, 3.05) is 13.2 Å². The summed E-state index contributed by atoms with van der Waals surface area (Å²) in [6, 6.07) is 0.704. The second-order valence-corrected chi connectivity index (χ2v) is 3.26. The van der Waals surface area contributed by atoms with Crippen LogP contribution in [0.15, 0.2) is 12.4 Å². The summed E-state index contributed by atoms with van der Waals surface area (Å²) in [5.41, 5.74) is 0. The van der Waals surface area contributed by atoms with Crippen molar-refractivity contribution in [2.24, 2.45) is 0 Å². The maximum Gasteiger partial charge on any atom is 0.157 e. The molecule has 0 radical (unpaired) electrons. The molecule has 1 aliphatic rings. The van der Waals surface area contributed by atoms with Crippen LogP contribution in [0.3, 0.4) is 0 Å². The van der Waals surface area contributed by atoms with Gasteiger partial charge in [0.25, 0.3) is 0 Å². The number of nitrogens with zero attached hydrogens (tertiary/aromatic N) is 1. The van der Waals surface area contributed by atoms with Crippen LogP contribution in [-0.4, -0.2) is 24.2 Å². The molecule has 1 N–H and O–H groups in total. The summed E-state index contributed by atoms with van der Waals surface area (Å²) in [5.74, 6) is 0. The quantitative estimate of drug-likeness (QED) is 0.621. The Bertz CT molecular complexity index is 142. The molecule has 0 aromatic carbocycles. The average molecular weight is 155 g/mol. The van der Waals surface area contributed by atoms with Gasteiger partial charge in [-0.2, -0.15) is 0 Å². The lowest BCUT2D eigenvalue weighted by molar-refractivity contribution is -0.847. The fourth-order valence-electron chi connectivity index (χ4n) is 1.31. The largest absolute Gasteiger partial charge is 0.323 e. The third-order valence-corrected chi connectivity index (χ3v) is 2.50. The van der Waals surface area contributed by atoms with Crippen molar-refractivity contribution in [3.8, 4) is 0 Å². The Labute approximate surface area is 69.5 Å². The normalized spacial score (nSPS) is 26.1. The van der Waals surface area contributed by atoms with Crippen LogP contribution in [0.1, 0.15) is 27.2 Å². The first-order chi connectivity index (χ1) is 5.27. The van der Waals surface area contributed by atoms with E-state index < -0.39 is 0 Å². The molecule has 2 heteroatoms. The third kappa shape index (κ3) is 1.96. The van der Waals surface area contributed by atoms with Gasteiger partial charge >= 0.3 is 0 Å². The number of hydrogen-bond acceptors (Lipinski definition) is 1. The average Bonchev–Trinajstić information content (AvgIpc) is 2.50. The molecule has 1 heterocycles. The summed E-state index contributed by atoms with van der Waals surface area (Å²) in [5, 5.41) is 0. The highest BCUT2D eigenvalue weighted by Crippen LogP contribution is 2.02. The zero-order chi connectivity index (χ0) is 8.27. The highest BCUT2D eigenvalue weighted by Gasteiger charge is 2.18. The predicted molar refractivity (Wildman–Crippen MR) is 47.1 cm³/mol. The Morgan fingerprint density at radius 3 is 2.73 bits per heavy atom. The molecule has 64 valence electrons.